The minimum atomic E-state index is -4.69. The van der Waals surface area contributed by atoms with Crippen molar-refractivity contribution in [1.29, 1.82) is 0 Å². The van der Waals surface area contributed by atoms with Crippen LogP contribution in [0.2, 0.25) is 0 Å². The highest BCUT2D eigenvalue weighted by atomic mass is 19.4. The number of fused-ring (bicyclic) bond motifs is 1. The van der Waals surface area contributed by atoms with Gasteiger partial charge < -0.3 is 0 Å². The van der Waals surface area contributed by atoms with Gasteiger partial charge in [0.15, 0.2) is 0 Å². The Bertz CT molecular complexity index is 834. The molecule has 120 valence electrons. The number of nitrogens with zero attached hydrogens (tertiary/aromatic N) is 3. The van der Waals surface area contributed by atoms with Gasteiger partial charge in [0.1, 0.15) is 5.65 Å². The minimum Gasteiger partial charge on any atom is -0.277 e. The quantitative estimate of drug-likeness (QED) is 0.873. The van der Waals surface area contributed by atoms with E-state index in [1.165, 1.54) is 14.0 Å². The van der Waals surface area contributed by atoms with Crippen molar-refractivity contribution in [1.82, 2.24) is 14.1 Å². The van der Waals surface area contributed by atoms with Gasteiger partial charge in [-0.2, -0.15) is 13.2 Å². The van der Waals surface area contributed by atoms with Crippen LogP contribution in [-0.4, -0.2) is 14.1 Å². The topological polar surface area (TPSA) is 56.9 Å². The highest BCUT2D eigenvalue weighted by molar-refractivity contribution is 5.79. The smallest absolute Gasteiger partial charge is 0.277 e. The van der Waals surface area contributed by atoms with Gasteiger partial charge in [0, 0.05) is 19.3 Å². The number of halogens is 3. The summed E-state index contributed by atoms with van der Waals surface area (Å²) in [4.78, 5) is 28.4. The largest absolute Gasteiger partial charge is 0.417 e. The van der Waals surface area contributed by atoms with Gasteiger partial charge in [0.2, 0.25) is 0 Å². The van der Waals surface area contributed by atoms with E-state index in [0.29, 0.717) is 11.0 Å². The van der Waals surface area contributed by atoms with Crippen LogP contribution in [0.4, 0.5) is 13.2 Å². The first kappa shape index (κ1) is 16.3. The third kappa shape index (κ3) is 2.65. The standard InChI is InChI=1S/C14H16F3N3O2/c1-4-5-6-20-11-10(12(21)19(3)13(20)22)9(14(15,16)17)7-8(2)18-11/h7H,4-6H2,1-3H3. The second-order valence-electron chi connectivity index (χ2n) is 5.16. The Morgan fingerprint density at radius 2 is 1.91 bits per heavy atom. The van der Waals surface area contributed by atoms with Gasteiger partial charge in [-0.25, -0.2) is 9.78 Å². The van der Waals surface area contributed by atoms with Crippen LogP contribution in [0, 0.1) is 6.92 Å². The average Bonchev–Trinajstić information content (AvgIpc) is 2.43. The predicted octanol–water partition coefficient (Wildman–Crippen LogP) is 2.22. The summed E-state index contributed by atoms with van der Waals surface area (Å²) in [5, 5.41) is -0.559. The lowest BCUT2D eigenvalue weighted by Crippen LogP contribution is -2.39. The summed E-state index contributed by atoms with van der Waals surface area (Å²) in [6.07, 6.45) is -3.33. The molecule has 0 atom stereocenters. The van der Waals surface area contributed by atoms with E-state index in [1.807, 2.05) is 6.92 Å². The van der Waals surface area contributed by atoms with Crippen LogP contribution < -0.4 is 11.2 Å². The van der Waals surface area contributed by atoms with Gasteiger partial charge in [0.05, 0.1) is 10.9 Å². The fourth-order valence-electron chi connectivity index (χ4n) is 2.33. The Morgan fingerprint density at radius 1 is 1.27 bits per heavy atom. The van der Waals surface area contributed by atoms with E-state index in [-0.39, 0.29) is 17.9 Å². The van der Waals surface area contributed by atoms with Crippen LogP contribution in [0.15, 0.2) is 15.7 Å². The van der Waals surface area contributed by atoms with Gasteiger partial charge in [-0.15, -0.1) is 0 Å². The molecular formula is C14H16F3N3O2. The third-order valence-corrected chi connectivity index (χ3v) is 3.46. The van der Waals surface area contributed by atoms with Crippen molar-refractivity contribution in [3.8, 4) is 0 Å². The van der Waals surface area contributed by atoms with E-state index in [2.05, 4.69) is 4.98 Å². The highest BCUT2D eigenvalue weighted by Crippen LogP contribution is 2.33. The summed E-state index contributed by atoms with van der Waals surface area (Å²) in [5.74, 6) is 0. The van der Waals surface area contributed by atoms with Gasteiger partial charge >= 0.3 is 11.9 Å². The van der Waals surface area contributed by atoms with Crippen LogP contribution in [0.3, 0.4) is 0 Å². The molecule has 5 nitrogen and oxygen atoms in total. The van der Waals surface area contributed by atoms with E-state index in [0.717, 1.165) is 17.1 Å². The minimum absolute atomic E-state index is 0.109. The fraction of sp³-hybridized carbons (Fsp3) is 0.500. The number of aromatic nitrogens is 3. The van der Waals surface area contributed by atoms with E-state index in [4.69, 9.17) is 0 Å². The number of pyridine rings is 1. The molecule has 0 saturated carbocycles. The van der Waals surface area contributed by atoms with Crippen LogP contribution in [0.25, 0.3) is 11.0 Å². The molecule has 0 unspecified atom stereocenters. The maximum atomic E-state index is 13.2. The number of unbranched alkanes of at least 4 members (excludes halogenated alkanes) is 1. The summed E-state index contributed by atoms with van der Waals surface area (Å²) < 4.78 is 41.5. The molecule has 8 heteroatoms. The first-order chi connectivity index (χ1) is 10.2. The van der Waals surface area contributed by atoms with Gasteiger partial charge in [-0.05, 0) is 19.4 Å². The Hall–Kier alpha value is -2.12. The Morgan fingerprint density at radius 3 is 2.45 bits per heavy atom. The highest BCUT2D eigenvalue weighted by Gasteiger charge is 2.35. The lowest BCUT2D eigenvalue weighted by Gasteiger charge is -2.15. The summed E-state index contributed by atoms with van der Waals surface area (Å²) in [5.41, 5.74) is -2.78. The number of aryl methyl sites for hydroxylation is 2. The van der Waals surface area contributed by atoms with Gasteiger partial charge in [-0.3, -0.25) is 13.9 Å². The average molecular weight is 315 g/mol. The maximum absolute atomic E-state index is 13.2. The van der Waals surface area contributed by atoms with Crippen LogP contribution >= 0.6 is 0 Å². The lowest BCUT2D eigenvalue weighted by atomic mass is 10.1. The van der Waals surface area contributed by atoms with Crippen molar-refractivity contribution in [2.24, 2.45) is 7.05 Å². The zero-order valence-corrected chi connectivity index (χ0v) is 12.5. The van der Waals surface area contributed by atoms with E-state index >= 15 is 0 Å². The molecule has 22 heavy (non-hydrogen) atoms. The SMILES string of the molecule is CCCCn1c(=O)n(C)c(=O)c2c(C(F)(F)F)cc(C)nc21. The van der Waals surface area contributed by atoms with Gasteiger partial charge in [-0.1, -0.05) is 13.3 Å². The second kappa shape index (κ2) is 5.58. The molecule has 2 aromatic rings. The zero-order valence-electron chi connectivity index (χ0n) is 12.5. The van der Waals surface area contributed by atoms with E-state index < -0.39 is 28.4 Å². The monoisotopic (exact) mass is 315 g/mol. The van der Waals surface area contributed by atoms with Crippen molar-refractivity contribution < 1.29 is 13.2 Å². The number of rotatable bonds is 3. The molecule has 2 aromatic heterocycles. The molecule has 2 heterocycles. The first-order valence-electron chi connectivity index (χ1n) is 6.86. The Balaban J connectivity index is 3.01. The molecule has 0 N–H and O–H groups in total. The molecule has 0 amide bonds. The fourth-order valence-corrected chi connectivity index (χ4v) is 2.33. The number of hydrogen-bond acceptors (Lipinski definition) is 3. The van der Waals surface area contributed by atoms with Crippen LogP contribution in [-0.2, 0) is 19.8 Å². The molecule has 0 radical (unpaired) electrons. The third-order valence-electron chi connectivity index (χ3n) is 3.46. The normalized spacial score (nSPS) is 12.1. The second-order valence-corrected chi connectivity index (χ2v) is 5.16. The van der Waals surface area contributed by atoms with Gasteiger partial charge in [0.25, 0.3) is 5.56 Å². The number of hydrogen-bond donors (Lipinski definition) is 0. The Labute approximate surface area is 124 Å². The van der Waals surface area contributed by atoms with Crippen molar-refractivity contribution in [2.75, 3.05) is 0 Å². The van der Waals surface area contributed by atoms with Crippen molar-refractivity contribution in [2.45, 2.75) is 39.4 Å². The Kier molecular flexibility index (Phi) is 4.12. The van der Waals surface area contributed by atoms with Crippen molar-refractivity contribution in [3.05, 3.63) is 38.2 Å². The molecule has 0 aliphatic carbocycles. The molecule has 0 fully saturated rings. The van der Waals surface area contributed by atoms with E-state index in [9.17, 15) is 22.8 Å². The molecule has 0 spiro atoms. The zero-order chi connectivity index (χ0) is 16.7. The van der Waals surface area contributed by atoms with Crippen molar-refractivity contribution in [3.63, 3.8) is 0 Å². The van der Waals surface area contributed by atoms with Crippen LogP contribution in [0.1, 0.15) is 31.0 Å². The predicted molar refractivity (Wildman–Crippen MR) is 75.9 cm³/mol. The summed E-state index contributed by atoms with van der Waals surface area (Å²) in [7, 11) is 1.17. The molecular weight excluding hydrogens is 299 g/mol. The molecule has 2 rings (SSSR count). The molecule has 0 aliphatic heterocycles. The first-order valence-corrected chi connectivity index (χ1v) is 6.86. The molecule has 0 bridgehead atoms. The summed E-state index contributed by atoms with van der Waals surface area (Å²) in [6.45, 7) is 3.52. The lowest BCUT2D eigenvalue weighted by molar-refractivity contribution is -0.136. The summed E-state index contributed by atoms with van der Waals surface area (Å²) in [6, 6.07) is 0.832. The maximum Gasteiger partial charge on any atom is 0.417 e. The van der Waals surface area contributed by atoms with Crippen molar-refractivity contribution >= 4 is 11.0 Å². The molecule has 0 aromatic carbocycles. The molecule has 0 aliphatic rings. The number of alkyl halides is 3. The van der Waals surface area contributed by atoms with Crippen LogP contribution in [0.5, 0.6) is 0 Å². The molecule has 0 saturated heterocycles. The van der Waals surface area contributed by atoms with E-state index in [1.54, 1.807) is 0 Å². The summed E-state index contributed by atoms with van der Waals surface area (Å²) >= 11 is 0.